The van der Waals surface area contributed by atoms with E-state index in [0.29, 0.717) is 12.1 Å². The van der Waals surface area contributed by atoms with E-state index in [-0.39, 0.29) is 19.3 Å². The van der Waals surface area contributed by atoms with E-state index in [9.17, 15) is 53.7 Å². The average Bonchev–Trinajstić information content (AvgIpc) is 3.55. The Morgan fingerprint density at radius 2 is 1.31 bits per heavy atom. The van der Waals surface area contributed by atoms with E-state index in [4.69, 9.17) is 17.2 Å². The van der Waals surface area contributed by atoms with Crippen LogP contribution in [-0.4, -0.2) is 122 Å². The Balaban J connectivity index is 3.03. The molecule has 7 atom stereocenters. The first-order chi connectivity index (χ1) is 22.5. The first kappa shape index (κ1) is 40.9. The van der Waals surface area contributed by atoms with E-state index < -0.39 is 109 Å². The minimum absolute atomic E-state index is 0.128. The molecule has 1 aromatic rings. The number of aromatic amines is 1. The maximum atomic E-state index is 13.3. The van der Waals surface area contributed by atoms with E-state index in [1.54, 1.807) is 13.8 Å². The van der Waals surface area contributed by atoms with Crippen LogP contribution in [0.3, 0.4) is 0 Å². The fourth-order valence-corrected chi connectivity index (χ4v) is 4.08. The maximum absolute atomic E-state index is 13.3. The van der Waals surface area contributed by atoms with Gasteiger partial charge in [0, 0.05) is 24.7 Å². The van der Waals surface area contributed by atoms with Gasteiger partial charge in [-0.05, 0) is 12.3 Å². The monoisotopic (exact) mass is 684 g/mol. The normalized spacial score (nSPS) is 15.3. The van der Waals surface area contributed by atoms with Crippen molar-refractivity contribution < 1.29 is 53.7 Å². The van der Waals surface area contributed by atoms with Crippen molar-refractivity contribution in [2.24, 2.45) is 23.1 Å². The molecular formula is C27H44N10O11. The number of aliphatic hydroxyl groups excluding tert-OH is 2. The third-order valence-electron chi connectivity index (χ3n) is 7.09. The smallest absolute Gasteiger partial charge is 0.326 e. The second-order valence-corrected chi connectivity index (χ2v) is 10.9. The Bertz CT molecular complexity index is 1290. The molecule has 0 radical (unpaired) electrons. The lowest BCUT2D eigenvalue weighted by Crippen LogP contribution is -2.61. The molecule has 15 N–H and O–H groups in total. The van der Waals surface area contributed by atoms with Gasteiger partial charge in [-0.25, -0.2) is 9.78 Å². The number of aliphatic carboxylic acids is 1. The Hall–Kier alpha value is -5.15. The van der Waals surface area contributed by atoms with Crippen LogP contribution in [0.2, 0.25) is 0 Å². The number of amides is 7. The van der Waals surface area contributed by atoms with E-state index in [1.807, 2.05) is 0 Å². The van der Waals surface area contributed by atoms with E-state index >= 15 is 0 Å². The number of imidazole rings is 1. The number of nitrogens with one attached hydrogen (secondary N) is 6. The summed E-state index contributed by atoms with van der Waals surface area (Å²) in [5, 5.41) is 40.3. The summed E-state index contributed by atoms with van der Waals surface area (Å²) < 4.78 is 0. The summed E-state index contributed by atoms with van der Waals surface area (Å²) in [6, 6.07) is -9.12. The van der Waals surface area contributed by atoms with Crippen molar-refractivity contribution in [3.05, 3.63) is 18.2 Å². The molecule has 0 fully saturated rings. The summed E-state index contributed by atoms with van der Waals surface area (Å²) in [6.45, 7) is 1.34. The molecular weight excluding hydrogens is 640 g/mol. The fourth-order valence-electron chi connectivity index (χ4n) is 4.08. The Morgan fingerprint density at radius 3 is 1.79 bits per heavy atom. The third-order valence-corrected chi connectivity index (χ3v) is 7.09. The lowest BCUT2D eigenvalue weighted by molar-refractivity contribution is -0.142. The Morgan fingerprint density at radius 1 is 0.792 bits per heavy atom. The molecule has 21 heteroatoms. The van der Waals surface area contributed by atoms with Crippen LogP contribution in [0.5, 0.6) is 0 Å². The van der Waals surface area contributed by atoms with Crippen molar-refractivity contribution in [1.82, 2.24) is 36.6 Å². The van der Waals surface area contributed by atoms with Crippen molar-refractivity contribution in [3.63, 3.8) is 0 Å². The van der Waals surface area contributed by atoms with Crippen LogP contribution in [0.25, 0.3) is 0 Å². The molecule has 7 amide bonds. The van der Waals surface area contributed by atoms with Crippen molar-refractivity contribution in [2.45, 2.75) is 82.2 Å². The standard InChI is InChI=1S/C27H44N10O11/c1-3-12(2)21(37-25(45)18(10-39)35-22(42)14(28)4-5-19(29)40)26(46)36-17(9-38)24(44)33-15(7-20(30)41)23(43)34-16(27(47)48)6-13-8-31-11-32-13/h8,11-12,14-18,21,38-39H,3-7,9-10,28H2,1-2H3,(H2,29,40)(H2,30,41)(H,31,32)(H,33,44)(H,34,43)(H,35,42)(H,36,46)(H,37,45)(H,47,48)/t12-,14-,15-,16-,17-,18-,21-/m0/s1. The number of aromatic nitrogens is 2. The van der Waals surface area contributed by atoms with Gasteiger partial charge in [0.1, 0.15) is 30.2 Å². The summed E-state index contributed by atoms with van der Waals surface area (Å²) in [5.41, 5.74) is 16.3. The van der Waals surface area contributed by atoms with Crippen molar-refractivity contribution in [2.75, 3.05) is 13.2 Å². The lowest BCUT2D eigenvalue weighted by Gasteiger charge is -2.28. The number of H-pyrrole nitrogens is 1. The highest BCUT2D eigenvalue weighted by atomic mass is 16.4. The van der Waals surface area contributed by atoms with Gasteiger partial charge in [-0.3, -0.25) is 33.6 Å². The van der Waals surface area contributed by atoms with Gasteiger partial charge in [-0.15, -0.1) is 0 Å². The van der Waals surface area contributed by atoms with Crippen LogP contribution in [0.1, 0.15) is 45.2 Å². The second-order valence-electron chi connectivity index (χ2n) is 10.9. The predicted molar refractivity (Wildman–Crippen MR) is 163 cm³/mol. The number of hydrogen-bond acceptors (Lipinski definition) is 12. The molecule has 268 valence electrons. The Kier molecular flexibility index (Phi) is 17.2. The summed E-state index contributed by atoms with van der Waals surface area (Å²) in [4.78, 5) is 105. The minimum Gasteiger partial charge on any atom is -0.480 e. The number of carbonyl (C=O) groups excluding carboxylic acids is 7. The lowest BCUT2D eigenvalue weighted by atomic mass is 9.97. The average molecular weight is 685 g/mol. The highest BCUT2D eigenvalue weighted by Gasteiger charge is 2.34. The molecule has 0 aliphatic carbocycles. The molecule has 0 aliphatic heterocycles. The van der Waals surface area contributed by atoms with E-state index in [1.165, 1.54) is 12.5 Å². The molecule has 1 aromatic heterocycles. The van der Waals surface area contributed by atoms with Crippen LogP contribution < -0.4 is 43.8 Å². The number of nitrogens with zero attached hydrogens (tertiary/aromatic N) is 1. The highest BCUT2D eigenvalue weighted by molar-refractivity contribution is 5.97. The number of carbonyl (C=O) groups is 8. The predicted octanol–water partition coefficient (Wildman–Crippen LogP) is -6.04. The molecule has 1 rings (SSSR count). The molecule has 0 unspecified atom stereocenters. The van der Waals surface area contributed by atoms with Gasteiger partial charge < -0.3 is 64.1 Å². The molecule has 0 spiro atoms. The molecule has 48 heavy (non-hydrogen) atoms. The zero-order valence-corrected chi connectivity index (χ0v) is 26.4. The van der Waals surface area contributed by atoms with Crippen molar-refractivity contribution in [1.29, 1.82) is 0 Å². The number of hydrogen-bond donors (Lipinski definition) is 12. The van der Waals surface area contributed by atoms with Gasteiger partial charge in [0.15, 0.2) is 0 Å². The first-order valence-corrected chi connectivity index (χ1v) is 14.8. The first-order valence-electron chi connectivity index (χ1n) is 14.8. The number of aliphatic hydroxyl groups is 2. The topological polar surface area (TPSA) is 364 Å². The van der Waals surface area contributed by atoms with Crippen LogP contribution in [0.4, 0.5) is 0 Å². The molecule has 0 aliphatic rings. The van der Waals surface area contributed by atoms with E-state index in [0.717, 1.165) is 0 Å². The number of carboxylic acid groups (broad SMARTS) is 1. The van der Waals surface area contributed by atoms with E-state index in [2.05, 4.69) is 36.6 Å². The highest BCUT2D eigenvalue weighted by Crippen LogP contribution is 2.10. The molecule has 0 aromatic carbocycles. The second kappa shape index (κ2) is 20.2. The zero-order chi connectivity index (χ0) is 36.6. The summed E-state index contributed by atoms with van der Waals surface area (Å²) in [7, 11) is 0. The van der Waals surface area contributed by atoms with Crippen LogP contribution in [0.15, 0.2) is 12.5 Å². The molecule has 1 heterocycles. The molecule has 0 saturated carbocycles. The van der Waals surface area contributed by atoms with Crippen LogP contribution in [-0.2, 0) is 44.8 Å². The van der Waals surface area contributed by atoms with Gasteiger partial charge in [0.2, 0.25) is 41.4 Å². The minimum atomic E-state index is -1.74. The third kappa shape index (κ3) is 13.7. The van der Waals surface area contributed by atoms with Crippen LogP contribution in [0, 0.1) is 5.92 Å². The molecule has 21 nitrogen and oxygen atoms in total. The maximum Gasteiger partial charge on any atom is 0.326 e. The Labute approximate surface area is 274 Å². The van der Waals surface area contributed by atoms with Gasteiger partial charge in [-0.1, -0.05) is 20.3 Å². The van der Waals surface area contributed by atoms with Crippen molar-refractivity contribution in [3.8, 4) is 0 Å². The van der Waals surface area contributed by atoms with Crippen molar-refractivity contribution >= 4 is 47.3 Å². The largest absolute Gasteiger partial charge is 0.480 e. The quantitative estimate of drug-likeness (QED) is 0.0542. The fraction of sp³-hybridized carbons (Fsp3) is 0.593. The van der Waals surface area contributed by atoms with Crippen LogP contribution >= 0.6 is 0 Å². The van der Waals surface area contributed by atoms with Gasteiger partial charge in [0.25, 0.3) is 0 Å². The molecule has 0 saturated heterocycles. The summed E-state index contributed by atoms with van der Waals surface area (Å²) in [5.74, 6) is -8.89. The summed E-state index contributed by atoms with van der Waals surface area (Å²) in [6.07, 6.45) is 1.61. The number of primary amides is 2. The SMILES string of the molecule is CC[C@H](C)[C@H](NC(=O)[C@H](CO)NC(=O)[C@@H](N)CCC(N)=O)C(=O)N[C@@H](CO)C(=O)N[C@@H](CC(N)=O)C(=O)N[C@@H](Cc1cnc[nH]1)C(=O)O. The number of rotatable bonds is 22. The van der Waals surface area contributed by atoms with Gasteiger partial charge >= 0.3 is 5.97 Å². The number of nitrogens with two attached hydrogens (primary N) is 3. The number of carboxylic acids is 1. The van der Waals surface area contributed by atoms with Gasteiger partial charge in [-0.2, -0.15) is 0 Å². The summed E-state index contributed by atoms with van der Waals surface area (Å²) >= 11 is 0. The zero-order valence-electron chi connectivity index (χ0n) is 26.4. The molecule has 0 bridgehead atoms. The van der Waals surface area contributed by atoms with Gasteiger partial charge in [0.05, 0.1) is 32.0 Å².